The monoisotopic (exact) mass is 272 g/mol. The van der Waals surface area contributed by atoms with Crippen LogP contribution in [0.2, 0.25) is 0 Å². The lowest BCUT2D eigenvalue weighted by atomic mass is 10.2. The molecule has 0 N–H and O–H groups in total. The predicted octanol–water partition coefficient (Wildman–Crippen LogP) is 4.22. The molecule has 2 aromatic rings. The van der Waals surface area contributed by atoms with E-state index in [1.807, 2.05) is 42.5 Å². The lowest BCUT2D eigenvalue weighted by molar-refractivity contribution is 0.105. The van der Waals surface area contributed by atoms with Crippen molar-refractivity contribution in [3.05, 3.63) is 57.8 Å². The lowest BCUT2D eigenvalue weighted by Gasteiger charge is -1.98. The molecule has 0 bridgehead atoms. The summed E-state index contributed by atoms with van der Waals surface area (Å²) in [6.07, 6.45) is 4.42. The van der Waals surface area contributed by atoms with Crippen molar-refractivity contribution < 1.29 is 9.53 Å². The summed E-state index contributed by atoms with van der Waals surface area (Å²) < 4.78 is 5.09. The number of allylic oxidation sites excluding steroid dienone is 1. The Bertz CT molecular complexity index is 579. The first-order valence-corrected chi connectivity index (χ1v) is 6.99. The number of methoxy groups -OCH3 is 1. The first-order valence-electron chi connectivity index (χ1n) is 6.18. The number of ketones is 1. The molecule has 2 nitrogen and oxygen atoms in total. The van der Waals surface area contributed by atoms with E-state index in [1.165, 1.54) is 4.88 Å². The number of rotatable bonds is 5. The maximum atomic E-state index is 12.0. The fourth-order valence-electron chi connectivity index (χ4n) is 1.67. The molecular formula is C16H16O2S. The molecule has 0 saturated heterocycles. The molecule has 0 amide bonds. The molecule has 0 atom stereocenters. The molecule has 0 saturated carbocycles. The van der Waals surface area contributed by atoms with Crippen LogP contribution in [0.3, 0.4) is 0 Å². The van der Waals surface area contributed by atoms with E-state index in [9.17, 15) is 4.79 Å². The molecule has 0 aliphatic rings. The van der Waals surface area contributed by atoms with Crippen molar-refractivity contribution in [2.45, 2.75) is 13.3 Å². The number of ether oxygens (including phenoxy) is 1. The minimum atomic E-state index is 0.0560. The summed E-state index contributed by atoms with van der Waals surface area (Å²) in [4.78, 5) is 14.0. The zero-order valence-electron chi connectivity index (χ0n) is 11.1. The second-order valence-electron chi connectivity index (χ2n) is 4.09. The van der Waals surface area contributed by atoms with Crippen LogP contribution in [-0.4, -0.2) is 12.9 Å². The fourth-order valence-corrected chi connectivity index (χ4v) is 2.54. The Morgan fingerprint density at radius 3 is 2.53 bits per heavy atom. The molecule has 1 aromatic carbocycles. The van der Waals surface area contributed by atoms with Crippen molar-refractivity contribution in [2.75, 3.05) is 7.11 Å². The second-order valence-corrected chi connectivity index (χ2v) is 5.26. The van der Waals surface area contributed by atoms with E-state index in [0.717, 1.165) is 22.6 Å². The van der Waals surface area contributed by atoms with Crippen LogP contribution in [0.5, 0.6) is 5.75 Å². The molecule has 0 fully saturated rings. The first kappa shape index (κ1) is 13.6. The number of carbonyl (C=O) groups is 1. The van der Waals surface area contributed by atoms with E-state index < -0.39 is 0 Å². The average molecular weight is 272 g/mol. The summed E-state index contributed by atoms with van der Waals surface area (Å²) in [7, 11) is 1.64. The standard InChI is InChI=1S/C16H16O2S/c1-3-14-9-11-16(19-14)15(17)10-6-12-4-7-13(18-2)8-5-12/h4-11H,3H2,1-2H3/b10-6+. The highest BCUT2D eigenvalue weighted by Gasteiger charge is 2.05. The van der Waals surface area contributed by atoms with Gasteiger partial charge in [-0.25, -0.2) is 0 Å². The van der Waals surface area contributed by atoms with Gasteiger partial charge in [0.1, 0.15) is 5.75 Å². The molecule has 0 aliphatic carbocycles. The van der Waals surface area contributed by atoms with E-state index in [0.29, 0.717) is 0 Å². The van der Waals surface area contributed by atoms with Gasteiger partial charge in [0.2, 0.25) is 0 Å². The third-order valence-corrected chi connectivity index (χ3v) is 4.04. The van der Waals surface area contributed by atoms with Crippen molar-refractivity contribution in [1.29, 1.82) is 0 Å². The number of aryl methyl sites for hydroxylation is 1. The molecule has 0 unspecified atom stereocenters. The molecule has 2 rings (SSSR count). The van der Waals surface area contributed by atoms with Crippen LogP contribution in [0.25, 0.3) is 6.08 Å². The van der Waals surface area contributed by atoms with Crippen molar-refractivity contribution in [3.63, 3.8) is 0 Å². The van der Waals surface area contributed by atoms with Crippen molar-refractivity contribution >= 4 is 23.2 Å². The topological polar surface area (TPSA) is 26.3 Å². The van der Waals surface area contributed by atoms with Crippen LogP contribution in [-0.2, 0) is 6.42 Å². The number of benzene rings is 1. The Kier molecular flexibility index (Phi) is 4.53. The van der Waals surface area contributed by atoms with Gasteiger partial charge in [-0.15, -0.1) is 11.3 Å². The molecule has 0 radical (unpaired) electrons. The Labute approximate surface area is 117 Å². The highest BCUT2D eigenvalue weighted by molar-refractivity contribution is 7.14. The number of carbonyl (C=O) groups excluding carboxylic acids is 1. The van der Waals surface area contributed by atoms with Gasteiger partial charge in [-0.3, -0.25) is 4.79 Å². The van der Waals surface area contributed by atoms with Crippen molar-refractivity contribution in [2.24, 2.45) is 0 Å². The molecule has 19 heavy (non-hydrogen) atoms. The van der Waals surface area contributed by atoms with E-state index in [2.05, 4.69) is 6.92 Å². The SMILES string of the molecule is CCc1ccc(C(=O)/C=C/c2ccc(OC)cc2)s1. The molecule has 0 spiro atoms. The van der Waals surface area contributed by atoms with Gasteiger partial charge in [-0.2, -0.15) is 0 Å². The summed E-state index contributed by atoms with van der Waals surface area (Å²) in [5.41, 5.74) is 0.987. The summed E-state index contributed by atoms with van der Waals surface area (Å²) in [6.45, 7) is 2.09. The van der Waals surface area contributed by atoms with Crippen molar-refractivity contribution in [1.82, 2.24) is 0 Å². The van der Waals surface area contributed by atoms with Gasteiger partial charge in [0, 0.05) is 4.88 Å². The molecular weight excluding hydrogens is 256 g/mol. The van der Waals surface area contributed by atoms with E-state index in [4.69, 9.17) is 4.74 Å². The Morgan fingerprint density at radius 1 is 1.21 bits per heavy atom. The smallest absolute Gasteiger partial charge is 0.195 e. The third-order valence-electron chi connectivity index (χ3n) is 2.80. The Morgan fingerprint density at radius 2 is 1.95 bits per heavy atom. The number of thiophene rings is 1. The summed E-state index contributed by atoms with van der Waals surface area (Å²) in [5, 5.41) is 0. The van der Waals surface area contributed by atoms with Crippen LogP contribution in [0.1, 0.15) is 27.0 Å². The van der Waals surface area contributed by atoms with Crippen LogP contribution in [0.4, 0.5) is 0 Å². The van der Waals surface area contributed by atoms with E-state index >= 15 is 0 Å². The van der Waals surface area contributed by atoms with Crippen LogP contribution < -0.4 is 4.74 Å². The largest absolute Gasteiger partial charge is 0.497 e. The van der Waals surface area contributed by atoms with Crippen molar-refractivity contribution in [3.8, 4) is 5.75 Å². The minimum Gasteiger partial charge on any atom is -0.497 e. The predicted molar refractivity (Wildman–Crippen MR) is 80.1 cm³/mol. The number of hydrogen-bond acceptors (Lipinski definition) is 3. The second kappa shape index (κ2) is 6.34. The maximum Gasteiger partial charge on any atom is 0.195 e. The van der Waals surface area contributed by atoms with Gasteiger partial charge in [0.05, 0.1) is 12.0 Å². The summed E-state index contributed by atoms with van der Waals surface area (Å²) in [6, 6.07) is 11.5. The minimum absolute atomic E-state index is 0.0560. The summed E-state index contributed by atoms with van der Waals surface area (Å²) in [5.74, 6) is 0.870. The quantitative estimate of drug-likeness (QED) is 0.602. The van der Waals surface area contributed by atoms with Crippen LogP contribution >= 0.6 is 11.3 Å². The van der Waals surface area contributed by atoms with Gasteiger partial charge in [-0.1, -0.05) is 25.1 Å². The molecule has 3 heteroatoms. The van der Waals surface area contributed by atoms with E-state index in [-0.39, 0.29) is 5.78 Å². The third kappa shape index (κ3) is 3.55. The molecule has 1 heterocycles. The van der Waals surface area contributed by atoms with Crippen LogP contribution in [0.15, 0.2) is 42.5 Å². The zero-order chi connectivity index (χ0) is 13.7. The zero-order valence-corrected chi connectivity index (χ0v) is 11.9. The number of hydrogen-bond donors (Lipinski definition) is 0. The average Bonchev–Trinajstić information content (AvgIpc) is 2.94. The molecule has 1 aromatic heterocycles. The fraction of sp³-hybridized carbons (Fsp3) is 0.188. The Balaban J connectivity index is 2.06. The van der Waals surface area contributed by atoms with Gasteiger partial charge < -0.3 is 4.74 Å². The maximum absolute atomic E-state index is 12.0. The first-order chi connectivity index (χ1) is 9.22. The van der Waals surface area contributed by atoms with E-state index in [1.54, 1.807) is 24.5 Å². The lowest BCUT2D eigenvalue weighted by Crippen LogP contribution is -1.88. The van der Waals surface area contributed by atoms with Gasteiger partial charge >= 0.3 is 0 Å². The van der Waals surface area contributed by atoms with Gasteiger partial charge in [0.25, 0.3) is 0 Å². The van der Waals surface area contributed by atoms with Crippen LogP contribution in [0, 0.1) is 0 Å². The Hall–Kier alpha value is -1.87. The molecule has 0 aliphatic heterocycles. The molecule has 98 valence electrons. The summed E-state index contributed by atoms with van der Waals surface area (Å²) >= 11 is 1.56. The highest BCUT2D eigenvalue weighted by Crippen LogP contribution is 2.18. The highest BCUT2D eigenvalue weighted by atomic mass is 32.1. The van der Waals surface area contributed by atoms with Gasteiger partial charge in [-0.05, 0) is 42.3 Å². The normalized spacial score (nSPS) is 10.8. The van der Waals surface area contributed by atoms with Gasteiger partial charge in [0.15, 0.2) is 5.78 Å².